The van der Waals surface area contributed by atoms with Crippen LogP contribution >= 0.6 is 15.9 Å². The summed E-state index contributed by atoms with van der Waals surface area (Å²) < 4.78 is 5.46. The van der Waals surface area contributed by atoms with Gasteiger partial charge in [-0.25, -0.2) is 4.79 Å². The summed E-state index contributed by atoms with van der Waals surface area (Å²) in [6, 6.07) is 6.32. The summed E-state index contributed by atoms with van der Waals surface area (Å²) in [6.45, 7) is -0.153. The number of carboxylic acid groups (broad SMARTS) is 1. The van der Waals surface area contributed by atoms with Crippen molar-refractivity contribution < 1.29 is 19.4 Å². The van der Waals surface area contributed by atoms with E-state index >= 15 is 0 Å². The summed E-state index contributed by atoms with van der Waals surface area (Å²) in [5.74, 6) is -1.52. The number of aliphatic carboxylic acids is 1. The van der Waals surface area contributed by atoms with E-state index in [9.17, 15) is 9.59 Å². The third-order valence-corrected chi connectivity index (χ3v) is 3.06. The van der Waals surface area contributed by atoms with Gasteiger partial charge < -0.3 is 15.2 Å². The average molecular weight is 316 g/mol. The minimum absolute atomic E-state index is 0.153. The highest BCUT2D eigenvalue weighted by atomic mass is 79.9. The van der Waals surface area contributed by atoms with Crippen LogP contribution in [0.4, 0.5) is 0 Å². The first-order valence-electron chi connectivity index (χ1n) is 5.29. The Kier molecular flexibility index (Phi) is 5.80. The van der Waals surface area contributed by atoms with E-state index in [0.29, 0.717) is 0 Å². The maximum atomic E-state index is 11.3. The van der Waals surface area contributed by atoms with Gasteiger partial charge in [-0.05, 0) is 11.6 Å². The van der Waals surface area contributed by atoms with Crippen LogP contribution in [0.3, 0.4) is 0 Å². The largest absolute Gasteiger partial charge is 0.480 e. The SMILES string of the molecule is COCC(=O)N[C@@H](Cc1ccccc1Br)C(=O)O. The van der Waals surface area contributed by atoms with Crippen molar-refractivity contribution in [2.45, 2.75) is 12.5 Å². The Morgan fingerprint density at radius 3 is 2.67 bits per heavy atom. The van der Waals surface area contributed by atoms with Crippen LogP contribution < -0.4 is 5.32 Å². The zero-order chi connectivity index (χ0) is 13.5. The summed E-state index contributed by atoms with van der Waals surface area (Å²) in [4.78, 5) is 22.4. The van der Waals surface area contributed by atoms with Gasteiger partial charge in [0, 0.05) is 18.0 Å². The van der Waals surface area contributed by atoms with Crippen molar-refractivity contribution in [2.75, 3.05) is 13.7 Å². The molecule has 98 valence electrons. The smallest absolute Gasteiger partial charge is 0.326 e. The van der Waals surface area contributed by atoms with E-state index in [1.165, 1.54) is 7.11 Å². The van der Waals surface area contributed by atoms with Crippen molar-refractivity contribution >= 4 is 27.8 Å². The summed E-state index contributed by atoms with van der Waals surface area (Å²) in [7, 11) is 1.38. The molecule has 6 heteroatoms. The van der Waals surface area contributed by atoms with E-state index < -0.39 is 17.9 Å². The summed E-state index contributed by atoms with van der Waals surface area (Å²) in [5, 5.41) is 11.5. The van der Waals surface area contributed by atoms with Crippen LogP contribution in [0.5, 0.6) is 0 Å². The molecule has 0 fully saturated rings. The van der Waals surface area contributed by atoms with Crippen LogP contribution in [0.15, 0.2) is 28.7 Å². The van der Waals surface area contributed by atoms with Gasteiger partial charge in [0.05, 0.1) is 0 Å². The average Bonchev–Trinajstić information content (AvgIpc) is 2.31. The first-order valence-corrected chi connectivity index (χ1v) is 6.08. The molecule has 1 atom stereocenters. The number of rotatable bonds is 6. The lowest BCUT2D eigenvalue weighted by atomic mass is 10.1. The molecule has 0 aliphatic heterocycles. The first kappa shape index (κ1) is 14.7. The number of hydrogen-bond donors (Lipinski definition) is 2. The van der Waals surface area contributed by atoms with Crippen molar-refractivity contribution in [3.8, 4) is 0 Å². The van der Waals surface area contributed by atoms with E-state index in [2.05, 4.69) is 26.0 Å². The van der Waals surface area contributed by atoms with Gasteiger partial charge in [-0.15, -0.1) is 0 Å². The lowest BCUT2D eigenvalue weighted by Gasteiger charge is -2.15. The first-order chi connectivity index (χ1) is 8.54. The quantitative estimate of drug-likeness (QED) is 0.827. The molecule has 18 heavy (non-hydrogen) atoms. The Morgan fingerprint density at radius 1 is 1.44 bits per heavy atom. The van der Waals surface area contributed by atoms with E-state index in [4.69, 9.17) is 5.11 Å². The highest BCUT2D eigenvalue weighted by Crippen LogP contribution is 2.17. The van der Waals surface area contributed by atoms with Crippen molar-refractivity contribution in [2.24, 2.45) is 0 Å². The van der Waals surface area contributed by atoms with Gasteiger partial charge in [-0.3, -0.25) is 4.79 Å². The minimum Gasteiger partial charge on any atom is -0.480 e. The zero-order valence-corrected chi connectivity index (χ0v) is 11.4. The van der Waals surface area contributed by atoms with Gasteiger partial charge in [0.25, 0.3) is 0 Å². The number of benzene rings is 1. The van der Waals surface area contributed by atoms with E-state index in [0.717, 1.165) is 10.0 Å². The number of halogens is 1. The van der Waals surface area contributed by atoms with Gasteiger partial charge in [-0.1, -0.05) is 34.1 Å². The normalized spacial score (nSPS) is 11.9. The fourth-order valence-electron chi connectivity index (χ4n) is 1.45. The molecular weight excluding hydrogens is 302 g/mol. The second-order valence-corrected chi connectivity index (χ2v) is 4.54. The minimum atomic E-state index is -1.07. The molecule has 0 radical (unpaired) electrons. The van der Waals surface area contributed by atoms with Crippen molar-refractivity contribution in [1.82, 2.24) is 5.32 Å². The monoisotopic (exact) mass is 315 g/mol. The molecule has 0 heterocycles. The van der Waals surface area contributed by atoms with Gasteiger partial charge >= 0.3 is 5.97 Å². The standard InChI is InChI=1S/C12H14BrNO4/c1-18-7-11(15)14-10(12(16)17)6-8-4-2-3-5-9(8)13/h2-5,10H,6-7H2,1H3,(H,14,15)(H,16,17)/t10-/m0/s1. The highest BCUT2D eigenvalue weighted by molar-refractivity contribution is 9.10. The maximum absolute atomic E-state index is 11.3. The molecular formula is C12H14BrNO4. The molecule has 1 rings (SSSR count). The molecule has 1 amide bonds. The zero-order valence-electron chi connectivity index (χ0n) is 9.85. The Labute approximate surface area is 113 Å². The highest BCUT2D eigenvalue weighted by Gasteiger charge is 2.21. The van der Waals surface area contributed by atoms with Gasteiger partial charge in [0.2, 0.25) is 5.91 Å². The molecule has 0 aliphatic carbocycles. The van der Waals surface area contributed by atoms with E-state index in [-0.39, 0.29) is 13.0 Å². The van der Waals surface area contributed by atoms with Crippen molar-refractivity contribution in [3.05, 3.63) is 34.3 Å². The van der Waals surface area contributed by atoms with Crippen LogP contribution in [0, 0.1) is 0 Å². The Morgan fingerprint density at radius 2 is 2.11 bits per heavy atom. The predicted octanol–water partition coefficient (Wildman–Crippen LogP) is 1.21. The molecule has 0 bridgehead atoms. The molecule has 0 spiro atoms. The summed E-state index contributed by atoms with van der Waals surface area (Å²) in [5.41, 5.74) is 0.822. The predicted molar refractivity (Wildman–Crippen MR) is 69.3 cm³/mol. The maximum Gasteiger partial charge on any atom is 0.326 e. The Bertz CT molecular complexity index is 436. The van der Waals surface area contributed by atoms with Gasteiger partial charge in [0.1, 0.15) is 12.6 Å². The van der Waals surface area contributed by atoms with Crippen molar-refractivity contribution in [3.63, 3.8) is 0 Å². The molecule has 0 saturated carbocycles. The van der Waals surface area contributed by atoms with Crippen LogP contribution in [0.25, 0.3) is 0 Å². The molecule has 0 saturated heterocycles. The lowest BCUT2D eigenvalue weighted by molar-refractivity contribution is -0.142. The van der Waals surface area contributed by atoms with Crippen molar-refractivity contribution in [1.29, 1.82) is 0 Å². The molecule has 2 N–H and O–H groups in total. The number of carbonyl (C=O) groups excluding carboxylic acids is 1. The number of nitrogens with one attached hydrogen (secondary N) is 1. The molecule has 0 unspecified atom stereocenters. The Balaban J connectivity index is 2.72. The third-order valence-electron chi connectivity index (χ3n) is 2.29. The lowest BCUT2D eigenvalue weighted by Crippen LogP contribution is -2.43. The number of carboxylic acids is 1. The van der Waals surface area contributed by atoms with Crippen LogP contribution in [0.2, 0.25) is 0 Å². The molecule has 1 aromatic carbocycles. The topological polar surface area (TPSA) is 75.6 Å². The molecule has 5 nitrogen and oxygen atoms in total. The van der Waals surface area contributed by atoms with Gasteiger partial charge in [0.15, 0.2) is 0 Å². The molecule has 0 aromatic heterocycles. The third kappa shape index (κ3) is 4.46. The molecule has 0 aliphatic rings. The fraction of sp³-hybridized carbons (Fsp3) is 0.333. The van der Waals surface area contributed by atoms with E-state index in [1.807, 2.05) is 24.3 Å². The van der Waals surface area contributed by atoms with Crippen LogP contribution in [0.1, 0.15) is 5.56 Å². The summed E-state index contributed by atoms with van der Waals surface area (Å²) >= 11 is 3.34. The fourth-order valence-corrected chi connectivity index (χ4v) is 1.90. The molecule has 1 aromatic rings. The number of methoxy groups -OCH3 is 1. The second-order valence-electron chi connectivity index (χ2n) is 3.69. The Hall–Kier alpha value is -1.40. The van der Waals surface area contributed by atoms with Gasteiger partial charge in [-0.2, -0.15) is 0 Å². The number of hydrogen-bond acceptors (Lipinski definition) is 3. The van der Waals surface area contributed by atoms with Crippen LogP contribution in [-0.4, -0.2) is 36.7 Å². The number of carbonyl (C=O) groups is 2. The van der Waals surface area contributed by atoms with Crippen LogP contribution in [-0.2, 0) is 20.7 Å². The summed E-state index contributed by atoms with van der Waals surface area (Å²) in [6.07, 6.45) is 0.214. The number of amides is 1. The van der Waals surface area contributed by atoms with E-state index in [1.54, 1.807) is 0 Å². The second kappa shape index (κ2) is 7.13. The number of ether oxygens (including phenoxy) is 1.